The zero-order valence-corrected chi connectivity index (χ0v) is 15.5. The highest BCUT2D eigenvalue weighted by Gasteiger charge is 2.17. The number of carbonyl (C=O) groups excluding carboxylic acids is 1. The van der Waals surface area contributed by atoms with Crippen molar-refractivity contribution in [1.82, 2.24) is 0 Å². The summed E-state index contributed by atoms with van der Waals surface area (Å²) in [5, 5.41) is 9.41. The minimum atomic E-state index is -0.851. The summed E-state index contributed by atoms with van der Waals surface area (Å²) >= 11 is 5.51. The molecule has 0 saturated heterocycles. The number of aliphatic hydroxyl groups is 1. The molecule has 3 rings (SSSR count). The molecule has 0 unspecified atom stereocenters. The van der Waals surface area contributed by atoms with E-state index in [4.69, 9.17) is 16.3 Å². The lowest BCUT2D eigenvalue weighted by Crippen LogP contribution is -2.20. The summed E-state index contributed by atoms with van der Waals surface area (Å²) in [4.78, 5) is 12.1. The molecule has 0 saturated carbocycles. The number of aliphatic hydroxyl groups excluding tert-OH is 1. The first kappa shape index (κ1) is 19.2. The van der Waals surface area contributed by atoms with Crippen LogP contribution in [0.3, 0.4) is 0 Å². The topological polar surface area (TPSA) is 46.5 Å². The third-order valence-electron chi connectivity index (χ3n) is 4.33. The van der Waals surface area contributed by atoms with Gasteiger partial charge in [0.25, 0.3) is 0 Å². The average molecular weight is 381 g/mol. The molecule has 138 valence electrons. The molecule has 0 aromatic heterocycles. The molecule has 1 N–H and O–H groups in total. The molecule has 4 heteroatoms. The number of benzene rings is 3. The lowest BCUT2D eigenvalue weighted by atomic mass is 9.85. The van der Waals surface area contributed by atoms with Crippen molar-refractivity contribution in [1.29, 1.82) is 0 Å². The molecule has 0 aliphatic heterocycles. The molecule has 0 bridgehead atoms. The maximum Gasteiger partial charge on any atom is 0.338 e. The van der Waals surface area contributed by atoms with Gasteiger partial charge in [-0.15, -0.1) is 11.6 Å². The SMILES string of the molecule is O=C(OC[C@@H](O)CCl)c1ccc(C(c2ccccc2)c2ccccc2)cc1. The Balaban J connectivity index is 1.85. The summed E-state index contributed by atoms with van der Waals surface area (Å²) in [7, 11) is 0. The number of halogens is 1. The molecule has 0 radical (unpaired) electrons. The van der Waals surface area contributed by atoms with Crippen LogP contribution in [0.1, 0.15) is 33.0 Å². The van der Waals surface area contributed by atoms with Gasteiger partial charge < -0.3 is 9.84 Å². The van der Waals surface area contributed by atoms with Crippen LogP contribution < -0.4 is 0 Å². The Morgan fingerprint density at radius 1 is 0.815 bits per heavy atom. The van der Waals surface area contributed by atoms with E-state index in [0.717, 1.165) is 5.56 Å². The first-order valence-corrected chi connectivity index (χ1v) is 9.33. The highest BCUT2D eigenvalue weighted by atomic mass is 35.5. The van der Waals surface area contributed by atoms with E-state index in [-0.39, 0.29) is 18.4 Å². The summed E-state index contributed by atoms with van der Waals surface area (Å²) in [6.45, 7) is -0.110. The van der Waals surface area contributed by atoms with Gasteiger partial charge in [0.1, 0.15) is 12.7 Å². The van der Waals surface area contributed by atoms with Gasteiger partial charge in [-0.2, -0.15) is 0 Å². The summed E-state index contributed by atoms with van der Waals surface area (Å²) < 4.78 is 5.08. The summed E-state index contributed by atoms with van der Waals surface area (Å²) in [6.07, 6.45) is -0.851. The molecule has 3 aromatic carbocycles. The highest BCUT2D eigenvalue weighted by Crippen LogP contribution is 2.31. The van der Waals surface area contributed by atoms with Crippen LogP contribution in [0.2, 0.25) is 0 Å². The standard InChI is InChI=1S/C23H21ClO3/c24-15-21(25)16-27-23(26)20-13-11-19(12-14-20)22(17-7-3-1-4-8-17)18-9-5-2-6-10-18/h1-14,21-22,25H,15-16H2/t21-/m0/s1. The monoisotopic (exact) mass is 380 g/mol. The van der Waals surface area contributed by atoms with Crippen molar-refractivity contribution in [2.75, 3.05) is 12.5 Å². The van der Waals surface area contributed by atoms with E-state index in [9.17, 15) is 9.90 Å². The van der Waals surface area contributed by atoms with Gasteiger partial charge in [0.15, 0.2) is 0 Å². The van der Waals surface area contributed by atoms with Crippen molar-refractivity contribution in [3.63, 3.8) is 0 Å². The zero-order chi connectivity index (χ0) is 19.1. The molecule has 0 spiro atoms. The van der Waals surface area contributed by atoms with Crippen LogP contribution in [0.5, 0.6) is 0 Å². The molecule has 3 nitrogen and oxygen atoms in total. The van der Waals surface area contributed by atoms with Gasteiger partial charge in [0.05, 0.1) is 11.4 Å². The normalized spacial score (nSPS) is 12.0. The molecule has 0 heterocycles. The van der Waals surface area contributed by atoms with E-state index in [2.05, 4.69) is 24.3 Å². The minimum absolute atomic E-state index is 0.0298. The fourth-order valence-corrected chi connectivity index (χ4v) is 3.07. The maximum atomic E-state index is 12.1. The average Bonchev–Trinajstić information content (AvgIpc) is 2.74. The Hall–Kier alpha value is -2.62. The van der Waals surface area contributed by atoms with E-state index in [0.29, 0.717) is 5.56 Å². The van der Waals surface area contributed by atoms with Gasteiger partial charge in [-0.05, 0) is 28.8 Å². The van der Waals surface area contributed by atoms with E-state index in [1.165, 1.54) is 11.1 Å². The smallest absolute Gasteiger partial charge is 0.338 e. The predicted octanol–water partition coefficient (Wildman–Crippen LogP) is 4.62. The molecule has 0 fully saturated rings. The van der Waals surface area contributed by atoms with Crippen molar-refractivity contribution in [3.8, 4) is 0 Å². The third kappa shape index (κ3) is 4.97. The van der Waals surface area contributed by atoms with Gasteiger partial charge >= 0.3 is 5.97 Å². The van der Waals surface area contributed by atoms with Gasteiger partial charge in [0, 0.05) is 5.92 Å². The molecule has 27 heavy (non-hydrogen) atoms. The summed E-state index contributed by atoms with van der Waals surface area (Å²) in [5.41, 5.74) is 3.90. The lowest BCUT2D eigenvalue weighted by molar-refractivity contribution is 0.0303. The van der Waals surface area contributed by atoms with Gasteiger partial charge in [-0.3, -0.25) is 0 Å². The third-order valence-corrected chi connectivity index (χ3v) is 4.69. The fraction of sp³-hybridized carbons (Fsp3) is 0.174. The highest BCUT2D eigenvalue weighted by molar-refractivity contribution is 6.18. The summed E-state index contributed by atoms with van der Waals surface area (Å²) in [5.74, 6) is -0.362. The number of hydrogen-bond acceptors (Lipinski definition) is 3. The van der Waals surface area contributed by atoms with Crippen molar-refractivity contribution in [3.05, 3.63) is 107 Å². The van der Waals surface area contributed by atoms with Crippen LogP contribution in [-0.4, -0.2) is 29.7 Å². The van der Waals surface area contributed by atoms with E-state index in [1.807, 2.05) is 48.5 Å². The van der Waals surface area contributed by atoms with E-state index in [1.54, 1.807) is 12.1 Å². The number of esters is 1. The van der Waals surface area contributed by atoms with Crippen molar-refractivity contribution < 1.29 is 14.6 Å². The summed E-state index contributed by atoms with van der Waals surface area (Å²) in [6, 6.07) is 27.9. The second-order valence-corrected chi connectivity index (χ2v) is 6.59. The van der Waals surface area contributed by atoms with E-state index < -0.39 is 12.1 Å². The largest absolute Gasteiger partial charge is 0.459 e. The molecule has 0 aliphatic rings. The minimum Gasteiger partial charge on any atom is -0.459 e. The second-order valence-electron chi connectivity index (χ2n) is 6.28. The van der Waals surface area contributed by atoms with Crippen molar-refractivity contribution in [2.45, 2.75) is 12.0 Å². The number of ether oxygens (including phenoxy) is 1. The lowest BCUT2D eigenvalue weighted by Gasteiger charge is -2.19. The Morgan fingerprint density at radius 2 is 1.30 bits per heavy atom. The van der Waals surface area contributed by atoms with Crippen molar-refractivity contribution >= 4 is 17.6 Å². The first-order chi connectivity index (χ1) is 13.2. The molecular weight excluding hydrogens is 360 g/mol. The van der Waals surface area contributed by atoms with Gasteiger partial charge in [-0.1, -0.05) is 72.8 Å². The van der Waals surface area contributed by atoms with Crippen LogP contribution in [-0.2, 0) is 4.74 Å². The molecule has 0 amide bonds. The number of hydrogen-bond donors (Lipinski definition) is 1. The molecular formula is C23H21ClO3. The molecule has 0 aliphatic carbocycles. The maximum absolute atomic E-state index is 12.1. The molecule has 3 aromatic rings. The second kappa shape index (κ2) is 9.36. The number of rotatable bonds is 7. The van der Waals surface area contributed by atoms with Crippen LogP contribution in [0, 0.1) is 0 Å². The Kier molecular flexibility index (Phi) is 6.64. The number of alkyl halides is 1. The van der Waals surface area contributed by atoms with Crippen LogP contribution in [0.25, 0.3) is 0 Å². The van der Waals surface area contributed by atoms with Crippen molar-refractivity contribution in [2.24, 2.45) is 0 Å². The van der Waals surface area contributed by atoms with Crippen LogP contribution in [0.15, 0.2) is 84.9 Å². The quantitative estimate of drug-likeness (QED) is 0.369. The Labute approximate surface area is 164 Å². The zero-order valence-electron chi connectivity index (χ0n) is 14.8. The Bertz CT molecular complexity index is 808. The fourth-order valence-electron chi connectivity index (χ4n) is 2.98. The first-order valence-electron chi connectivity index (χ1n) is 8.80. The van der Waals surface area contributed by atoms with Crippen LogP contribution >= 0.6 is 11.6 Å². The number of carbonyl (C=O) groups is 1. The van der Waals surface area contributed by atoms with Crippen LogP contribution in [0.4, 0.5) is 0 Å². The van der Waals surface area contributed by atoms with E-state index >= 15 is 0 Å². The van der Waals surface area contributed by atoms with Gasteiger partial charge in [-0.25, -0.2) is 4.79 Å². The Morgan fingerprint density at radius 3 is 1.78 bits per heavy atom. The predicted molar refractivity (Wildman–Crippen MR) is 107 cm³/mol. The molecule has 1 atom stereocenters. The van der Waals surface area contributed by atoms with Gasteiger partial charge in [0.2, 0.25) is 0 Å².